The smallest absolute Gasteiger partial charge is 0.0247 e. The van der Waals surface area contributed by atoms with Crippen LogP contribution < -0.4 is 5.73 Å². The molecule has 3 nitrogen and oxygen atoms in total. The van der Waals surface area contributed by atoms with E-state index in [-0.39, 0.29) is 0 Å². The Morgan fingerprint density at radius 1 is 1.00 bits per heavy atom. The number of rotatable bonds is 2. The van der Waals surface area contributed by atoms with Crippen molar-refractivity contribution in [1.82, 2.24) is 9.80 Å². The first-order chi connectivity index (χ1) is 8.18. The molecule has 0 bridgehead atoms. The normalized spacial score (nSPS) is 37.1. The van der Waals surface area contributed by atoms with Gasteiger partial charge in [-0.2, -0.15) is 0 Å². The number of nitrogens with two attached hydrogens (primary N) is 1. The van der Waals surface area contributed by atoms with Crippen LogP contribution in [0.3, 0.4) is 0 Å². The van der Waals surface area contributed by atoms with Gasteiger partial charge in [0.1, 0.15) is 0 Å². The van der Waals surface area contributed by atoms with Crippen LogP contribution in [0.1, 0.15) is 44.9 Å². The Hall–Kier alpha value is -0.120. The predicted molar refractivity (Wildman–Crippen MR) is 73.1 cm³/mol. The molecule has 0 aromatic carbocycles. The van der Waals surface area contributed by atoms with E-state index >= 15 is 0 Å². The maximum atomic E-state index is 6.39. The molecule has 1 heterocycles. The van der Waals surface area contributed by atoms with Crippen molar-refractivity contribution in [3.05, 3.63) is 0 Å². The molecule has 1 saturated carbocycles. The largest absolute Gasteiger partial charge is 0.326 e. The van der Waals surface area contributed by atoms with Gasteiger partial charge in [0.05, 0.1) is 0 Å². The number of hydrogen-bond donors (Lipinski definition) is 1. The Morgan fingerprint density at radius 3 is 2.35 bits per heavy atom. The number of likely N-dealkylation sites (N-methyl/N-ethyl adjacent to an activating group) is 1. The second-order valence-corrected chi connectivity index (χ2v) is 6.12. The second-order valence-electron chi connectivity index (χ2n) is 6.12. The van der Waals surface area contributed by atoms with Crippen LogP contribution in [0.5, 0.6) is 0 Å². The van der Waals surface area contributed by atoms with E-state index in [9.17, 15) is 0 Å². The molecule has 2 fully saturated rings. The quantitative estimate of drug-likeness (QED) is 0.795. The van der Waals surface area contributed by atoms with Gasteiger partial charge < -0.3 is 10.6 Å². The van der Waals surface area contributed by atoms with Crippen molar-refractivity contribution in [2.45, 2.75) is 63.1 Å². The highest BCUT2D eigenvalue weighted by Gasteiger charge is 2.32. The van der Waals surface area contributed by atoms with Gasteiger partial charge in [0.2, 0.25) is 0 Å². The summed E-state index contributed by atoms with van der Waals surface area (Å²) in [6.45, 7) is 2.48. The lowest BCUT2D eigenvalue weighted by molar-refractivity contribution is 0.167. The second kappa shape index (κ2) is 6.17. The third-order valence-electron chi connectivity index (χ3n) is 4.68. The van der Waals surface area contributed by atoms with E-state index in [1.807, 2.05) is 0 Å². The van der Waals surface area contributed by atoms with Gasteiger partial charge in [-0.25, -0.2) is 0 Å². The molecule has 2 rings (SSSR count). The Morgan fingerprint density at radius 2 is 1.71 bits per heavy atom. The molecule has 100 valence electrons. The van der Waals surface area contributed by atoms with Crippen LogP contribution in [-0.4, -0.2) is 55.1 Å². The van der Waals surface area contributed by atoms with Gasteiger partial charge in [-0.3, -0.25) is 4.90 Å². The standard InChI is InChI=1S/C14H29N3/c1-16(2)12-9-10-17(11-12)14-8-6-4-3-5-7-13(14)15/h12-14H,3-11,15H2,1-2H3. The minimum absolute atomic E-state index is 0.413. The fourth-order valence-corrected chi connectivity index (χ4v) is 3.44. The topological polar surface area (TPSA) is 32.5 Å². The average molecular weight is 239 g/mol. The summed E-state index contributed by atoms with van der Waals surface area (Å²) in [4.78, 5) is 5.04. The van der Waals surface area contributed by atoms with E-state index in [0.717, 1.165) is 6.04 Å². The molecule has 2 aliphatic rings. The Bertz CT molecular complexity index is 230. The van der Waals surface area contributed by atoms with Crippen molar-refractivity contribution >= 4 is 0 Å². The summed E-state index contributed by atoms with van der Waals surface area (Å²) in [5.41, 5.74) is 6.39. The third-order valence-corrected chi connectivity index (χ3v) is 4.68. The lowest BCUT2D eigenvalue weighted by Gasteiger charge is -2.34. The summed E-state index contributed by atoms with van der Waals surface area (Å²) in [7, 11) is 4.40. The zero-order valence-corrected chi connectivity index (χ0v) is 11.6. The van der Waals surface area contributed by atoms with Crippen LogP contribution in [-0.2, 0) is 0 Å². The summed E-state index contributed by atoms with van der Waals surface area (Å²) in [6.07, 6.45) is 9.38. The number of hydrogen-bond acceptors (Lipinski definition) is 3. The zero-order chi connectivity index (χ0) is 12.3. The van der Waals surface area contributed by atoms with Crippen molar-refractivity contribution in [1.29, 1.82) is 0 Å². The summed E-state index contributed by atoms with van der Waals surface area (Å²) < 4.78 is 0. The molecule has 0 aromatic rings. The molecule has 1 saturated heterocycles. The maximum absolute atomic E-state index is 6.39. The highest BCUT2D eigenvalue weighted by Crippen LogP contribution is 2.25. The van der Waals surface area contributed by atoms with Crippen LogP contribution in [0.25, 0.3) is 0 Å². The summed E-state index contributed by atoms with van der Waals surface area (Å²) >= 11 is 0. The number of likely N-dealkylation sites (tertiary alicyclic amines) is 1. The van der Waals surface area contributed by atoms with E-state index in [1.165, 1.54) is 58.0 Å². The molecule has 1 aliphatic carbocycles. The van der Waals surface area contributed by atoms with E-state index in [4.69, 9.17) is 5.73 Å². The minimum atomic E-state index is 0.413. The van der Waals surface area contributed by atoms with E-state index < -0.39 is 0 Å². The van der Waals surface area contributed by atoms with Crippen molar-refractivity contribution < 1.29 is 0 Å². The summed E-state index contributed by atoms with van der Waals surface area (Å²) in [5.74, 6) is 0. The maximum Gasteiger partial charge on any atom is 0.0247 e. The van der Waals surface area contributed by atoms with Gasteiger partial charge in [-0.15, -0.1) is 0 Å². The molecule has 3 unspecified atom stereocenters. The zero-order valence-electron chi connectivity index (χ0n) is 11.6. The predicted octanol–water partition coefficient (Wildman–Crippen LogP) is 1.67. The molecule has 17 heavy (non-hydrogen) atoms. The molecule has 0 spiro atoms. The lowest BCUT2D eigenvalue weighted by Crippen LogP contribution is -2.48. The fourth-order valence-electron chi connectivity index (χ4n) is 3.44. The molecule has 0 amide bonds. The molecule has 0 aromatic heterocycles. The lowest BCUT2D eigenvalue weighted by atomic mass is 9.92. The monoisotopic (exact) mass is 239 g/mol. The first kappa shape index (κ1) is 13.3. The highest BCUT2D eigenvalue weighted by atomic mass is 15.3. The van der Waals surface area contributed by atoms with E-state index in [2.05, 4.69) is 23.9 Å². The van der Waals surface area contributed by atoms with Gasteiger partial charge in [-0.05, 0) is 33.4 Å². The van der Waals surface area contributed by atoms with Gasteiger partial charge in [0.25, 0.3) is 0 Å². The molecule has 3 atom stereocenters. The molecule has 3 heteroatoms. The molecular weight excluding hydrogens is 210 g/mol. The van der Waals surface area contributed by atoms with Crippen LogP contribution in [0.15, 0.2) is 0 Å². The van der Waals surface area contributed by atoms with Crippen molar-refractivity contribution in [3.8, 4) is 0 Å². The SMILES string of the molecule is CN(C)C1CCN(C2CCCCCCC2N)C1. The Balaban J connectivity index is 1.90. The van der Waals surface area contributed by atoms with Crippen LogP contribution >= 0.6 is 0 Å². The fraction of sp³-hybridized carbons (Fsp3) is 1.00. The van der Waals surface area contributed by atoms with Crippen molar-refractivity contribution in [3.63, 3.8) is 0 Å². The van der Waals surface area contributed by atoms with E-state index in [0.29, 0.717) is 12.1 Å². The highest BCUT2D eigenvalue weighted by molar-refractivity contribution is 4.90. The summed E-state index contributed by atoms with van der Waals surface area (Å²) in [6, 6.07) is 1.81. The van der Waals surface area contributed by atoms with Crippen LogP contribution in [0.2, 0.25) is 0 Å². The van der Waals surface area contributed by atoms with E-state index in [1.54, 1.807) is 0 Å². The van der Waals surface area contributed by atoms with Gasteiger partial charge >= 0.3 is 0 Å². The van der Waals surface area contributed by atoms with Crippen molar-refractivity contribution in [2.24, 2.45) is 5.73 Å². The third kappa shape index (κ3) is 3.43. The molecular formula is C14H29N3. The van der Waals surface area contributed by atoms with Crippen LogP contribution in [0, 0.1) is 0 Å². The Labute approximate surface area is 106 Å². The Kier molecular flexibility index (Phi) is 4.83. The average Bonchev–Trinajstić information content (AvgIpc) is 2.73. The van der Waals surface area contributed by atoms with Gasteiger partial charge in [0, 0.05) is 31.2 Å². The first-order valence-electron chi connectivity index (χ1n) is 7.34. The summed E-state index contributed by atoms with van der Waals surface area (Å²) in [5, 5.41) is 0. The molecule has 1 aliphatic heterocycles. The van der Waals surface area contributed by atoms with Crippen LogP contribution in [0.4, 0.5) is 0 Å². The van der Waals surface area contributed by atoms with Gasteiger partial charge in [0.15, 0.2) is 0 Å². The van der Waals surface area contributed by atoms with Gasteiger partial charge in [-0.1, -0.05) is 25.7 Å². The minimum Gasteiger partial charge on any atom is -0.326 e. The first-order valence-corrected chi connectivity index (χ1v) is 7.34. The van der Waals surface area contributed by atoms with Crippen molar-refractivity contribution in [2.75, 3.05) is 27.2 Å². The molecule has 0 radical (unpaired) electrons. The molecule has 2 N–H and O–H groups in total. The number of nitrogens with zero attached hydrogens (tertiary/aromatic N) is 2.